The van der Waals surface area contributed by atoms with E-state index < -0.39 is 0 Å². The van der Waals surface area contributed by atoms with E-state index in [0.29, 0.717) is 29.2 Å². The van der Waals surface area contributed by atoms with Crippen molar-refractivity contribution in [3.8, 4) is 0 Å². The van der Waals surface area contributed by atoms with E-state index in [-0.39, 0.29) is 11.8 Å². The number of hydrogen-bond acceptors (Lipinski definition) is 2. The van der Waals surface area contributed by atoms with Gasteiger partial charge in [-0.25, -0.2) is 0 Å². The molecule has 0 aliphatic carbocycles. The normalized spacial score (nSPS) is 15.9. The van der Waals surface area contributed by atoms with Crippen LogP contribution in [0.2, 0.25) is 0 Å². The third kappa shape index (κ3) is 1.56. The minimum atomic E-state index is -0.0393. The molecule has 2 aliphatic heterocycles. The number of benzene rings is 2. The van der Waals surface area contributed by atoms with Crippen LogP contribution in [0.25, 0.3) is 0 Å². The molecule has 0 N–H and O–H groups in total. The van der Waals surface area contributed by atoms with Gasteiger partial charge in [-0.1, -0.05) is 23.3 Å². The average molecular weight is 278 g/mol. The minimum absolute atomic E-state index is 0.0393. The summed E-state index contributed by atoms with van der Waals surface area (Å²) in [6.45, 7) is 4.19. The first-order valence-electron chi connectivity index (χ1n) is 6.91. The zero-order chi connectivity index (χ0) is 14.7. The van der Waals surface area contributed by atoms with Crippen LogP contribution in [-0.2, 0) is 0 Å². The summed E-state index contributed by atoms with van der Waals surface area (Å²) in [5.74, 6) is -0.0786. The lowest BCUT2D eigenvalue weighted by Gasteiger charge is -2.41. The van der Waals surface area contributed by atoms with E-state index in [1.807, 2.05) is 50.2 Å². The Balaban J connectivity index is 1.98. The van der Waals surface area contributed by atoms with Gasteiger partial charge >= 0.3 is 0 Å². The van der Waals surface area contributed by atoms with E-state index >= 15 is 0 Å². The van der Waals surface area contributed by atoms with Gasteiger partial charge in [-0.2, -0.15) is 0 Å². The van der Waals surface area contributed by atoms with Crippen LogP contribution < -0.4 is 9.80 Å². The molecular weight excluding hydrogens is 264 g/mol. The highest BCUT2D eigenvalue weighted by Crippen LogP contribution is 2.38. The molecule has 0 atom stereocenters. The molecule has 2 aromatic rings. The zero-order valence-electron chi connectivity index (χ0n) is 11.9. The predicted molar refractivity (Wildman–Crippen MR) is 80.8 cm³/mol. The van der Waals surface area contributed by atoms with Gasteiger partial charge in [-0.3, -0.25) is 19.4 Å². The first kappa shape index (κ1) is 12.1. The van der Waals surface area contributed by atoms with E-state index in [0.717, 1.165) is 11.1 Å². The van der Waals surface area contributed by atoms with Crippen molar-refractivity contribution in [2.45, 2.75) is 13.8 Å². The topological polar surface area (TPSA) is 40.6 Å². The molecule has 104 valence electrons. The van der Waals surface area contributed by atoms with Gasteiger partial charge in [0.05, 0.1) is 22.5 Å². The van der Waals surface area contributed by atoms with Crippen LogP contribution in [0.3, 0.4) is 0 Å². The SMILES string of the molecule is Cc1ccc2c(c1)C(=O)N1CN2C(=O)c2cc(C)ccc21. The van der Waals surface area contributed by atoms with Gasteiger partial charge in [0, 0.05) is 0 Å². The van der Waals surface area contributed by atoms with Crippen molar-refractivity contribution in [2.24, 2.45) is 0 Å². The van der Waals surface area contributed by atoms with Crippen LogP contribution in [0, 0.1) is 13.8 Å². The summed E-state index contributed by atoms with van der Waals surface area (Å²) in [7, 11) is 0. The fourth-order valence-corrected chi connectivity index (χ4v) is 3.04. The molecule has 4 nitrogen and oxygen atoms in total. The van der Waals surface area contributed by atoms with Crippen LogP contribution in [0.4, 0.5) is 11.4 Å². The zero-order valence-corrected chi connectivity index (χ0v) is 11.9. The van der Waals surface area contributed by atoms with Crippen molar-refractivity contribution in [2.75, 3.05) is 16.5 Å². The van der Waals surface area contributed by atoms with E-state index in [2.05, 4.69) is 0 Å². The van der Waals surface area contributed by atoms with Gasteiger partial charge in [0.1, 0.15) is 6.67 Å². The third-order valence-electron chi connectivity index (χ3n) is 4.12. The van der Waals surface area contributed by atoms with Crippen LogP contribution in [-0.4, -0.2) is 18.5 Å². The number of anilines is 2. The molecule has 4 rings (SSSR count). The number of fused-ring (bicyclic) bond motifs is 6. The summed E-state index contributed by atoms with van der Waals surface area (Å²) in [6.07, 6.45) is 0. The summed E-state index contributed by atoms with van der Waals surface area (Å²) in [4.78, 5) is 28.8. The molecule has 2 aromatic carbocycles. The highest BCUT2D eigenvalue weighted by molar-refractivity contribution is 6.23. The van der Waals surface area contributed by atoms with Crippen LogP contribution in [0.1, 0.15) is 31.8 Å². The minimum Gasteiger partial charge on any atom is -0.289 e. The number of aryl methyl sites for hydroxylation is 2. The fraction of sp³-hybridized carbons (Fsp3) is 0.176. The van der Waals surface area contributed by atoms with Gasteiger partial charge in [-0.05, 0) is 38.1 Å². The molecular formula is C17H14N2O2. The standard InChI is InChI=1S/C17H14N2O2/c1-10-3-5-14-12(7-10)16(20)19-9-18(14)17(21)13-8-11(2)4-6-15(13)19/h3-8H,9H2,1-2H3. The predicted octanol–water partition coefficient (Wildman–Crippen LogP) is 2.88. The highest BCUT2D eigenvalue weighted by Gasteiger charge is 2.39. The van der Waals surface area contributed by atoms with Crippen LogP contribution in [0.15, 0.2) is 36.4 Å². The Morgan fingerprint density at radius 1 is 0.762 bits per heavy atom. The van der Waals surface area contributed by atoms with E-state index in [9.17, 15) is 9.59 Å². The Kier molecular flexibility index (Phi) is 2.28. The number of nitrogens with zero attached hydrogens (tertiary/aromatic N) is 2. The number of amides is 2. The molecule has 4 heteroatoms. The number of hydrogen-bond donors (Lipinski definition) is 0. The largest absolute Gasteiger partial charge is 0.289 e. The van der Waals surface area contributed by atoms with Crippen LogP contribution in [0.5, 0.6) is 0 Å². The van der Waals surface area contributed by atoms with Crippen molar-refractivity contribution in [1.82, 2.24) is 0 Å². The smallest absolute Gasteiger partial charge is 0.261 e. The number of carbonyl (C=O) groups excluding carboxylic acids is 2. The Morgan fingerprint density at radius 2 is 1.19 bits per heavy atom. The third-order valence-corrected chi connectivity index (χ3v) is 4.12. The first-order valence-corrected chi connectivity index (χ1v) is 6.91. The second-order valence-corrected chi connectivity index (χ2v) is 5.65. The van der Waals surface area contributed by atoms with Gasteiger partial charge in [-0.15, -0.1) is 0 Å². The Labute approximate surface area is 122 Å². The van der Waals surface area contributed by atoms with E-state index in [1.54, 1.807) is 9.80 Å². The lowest BCUT2D eigenvalue weighted by Crippen LogP contribution is -2.53. The molecule has 0 saturated carbocycles. The first-order chi connectivity index (χ1) is 10.1. The molecule has 0 fully saturated rings. The average Bonchev–Trinajstić information content (AvgIpc) is 2.47. The van der Waals surface area contributed by atoms with Gasteiger partial charge in [0.25, 0.3) is 11.8 Å². The van der Waals surface area contributed by atoms with Crippen molar-refractivity contribution in [1.29, 1.82) is 0 Å². The summed E-state index contributed by atoms with van der Waals surface area (Å²) in [6, 6.07) is 11.3. The van der Waals surface area contributed by atoms with E-state index in [1.165, 1.54) is 0 Å². The monoisotopic (exact) mass is 278 g/mol. The highest BCUT2D eigenvalue weighted by atomic mass is 16.2. The van der Waals surface area contributed by atoms with Crippen molar-refractivity contribution in [3.63, 3.8) is 0 Å². The quantitative estimate of drug-likeness (QED) is 0.743. The lowest BCUT2D eigenvalue weighted by molar-refractivity contribution is 0.0943. The second-order valence-electron chi connectivity index (χ2n) is 5.65. The van der Waals surface area contributed by atoms with E-state index in [4.69, 9.17) is 0 Å². The van der Waals surface area contributed by atoms with Crippen molar-refractivity contribution in [3.05, 3.63) is 58.7 Å². The molecule has 2 heterocycles. The lowest BCUT2D eigenvalue weighted by atomic mass is 9.98. The Morgan fingerprint density at radius 3 is 1.62 bits per heavy atom. The van der Waals surface area contributed by atoms with Crippen LogP contribution >= 0.6 is 0 Å². The maximum absolute atomic E-state index is 12.7. The molecule has 2 aliphatic rings. The molecule has 0 unspecified atom stereocenters. The Hall–Kier alpha value is -2.62. The molecule has 0 saturated heterocycles. The van der Waals surface area contributed by atoms with Gasteiger partial charge in [0.15, 0.2) is 0 Å². The number of rotatable bonds is 0. The summed E-state index contributed by atoms with van der Waals surface area (Å²) >= 11 is 0. The summed E-state index contributed by atoms with van der Waals surface area (Å²) in [5.41, 5.74) is 4.64. The molecule has 0 radical (unpaired) electrons. The maximum atomic E-state index is 12.7. The van der Waals surface area contributed by atoms with Crippen molar-refractivity contribution >= 4 is 23.2 Å². The van der Waals surface area contributed by atoms with Gasteiger partial charge in [0.2, 0.25) is 0 Å². The summed E-state index contributed by atoms with van der Waals surface area (Å²) in [5, 5.41) is 0. The molecule has 2 bridgehead atoms. The second kappa shape index (κ2) is 3.95. The molecule has 21 heavy (non-hydrogen) atoms. The molecule has 0 spiro atoms. The maximum Gasteiger partial charge on any atom is 0.261 e. The Bertz CT molecular complexity index is 743. The fourth-order valence-electron chi connectivity index (χ4n) is 3.04. The van der Waals surface area contributed by atoms with Crippen molar-refractivity contribution < 1.29 is 9.59 Å². The van der Waals surface area contributed by atoms with Gasteiger partial charge < -0.3 is 0 Å². The summed E-state index contributed by atoms with van der Waals surface area (Å²) < 4.78 is 0. The number of carbonyl (C=O) groups is 2. The molecule has 2 amide bonds. The molecule has 0 aromatic heterocycles.